The van der Waals surface area contributed by atoms with Gasteiger partial charge in [0.05, 0.1) is 11.6 Å². The number of halogens is 2. The van der Waals surface area contributed by atoms with E-state index in [-0.39, 0.29) is 18.1 Å². The lowest BCUT2D eigenvalue weighted by molar-refractivity contribution is 0.241. The average molecular weight is 369 g/mol. The van der Waals surface area contributed by atoms with Crippen LogP contribution in [-0.4, -0.2) is 36.9 Å². The van der Waals surface area contributed by atoms with E-state index in [4.69, 9.17) is 16.3 Å². The summed E-state index contributed by atoms with van der Waals surface area (Å²) in [6, 6.07) is 8.49. The van der Waals surface area contributed by atoms with Gasteiger partial charge >= 0.3 is 0 Å². The van der Waals surface area contributed by atoms with Crippen LogP contribution in [0.3, 0.4) is 0 Å². The molecule has 2 heterocycles. The maximum atomic E-state index is 13.2. The predicted octanol–water partition coefficient (Wildman–Crippen LogP) is 2.88. The van der Waals surface area contributed by atoms with Crippen LogP contribution in [-0.2, 0) is 10.0 Å². The monoisotopic (exact) mass is 368 g/mol. The molecule has 24 heavy (non-hydrogen) atoms. The van der Waals surface area contributed by atoms with E-state index in [1.165, 1.54) is 40.8 Å². The van der Waals surface area contributed by atoms with Gasteiger partial charge in [0.25, 0.3) is 10.0 Å². The summed E-state index contributed by atoms with van der Waals surface area (Å²) in [6.45, 7) is 4.06. The van der Waals surface area contributed by atoms with Crippen molar-refractivity contribution in [2.45, 2.75) is 11.1 Å². The molecule has 0 spiro atoms. The lowest BCUT2D eigenvalue weighted by Gasteiger charge is -2.16. The number of aromatic nitrogens is 1. The molecule has 1 aliphatic rings. The van der Waals surface area contributed by atoms with E-state index in [1.54, 1.807) is 6.07 Å². The third-order valence-electron chi connectivity index (χ3n) is 3.58. The number of hydrogen-bond acceptors (Lipinski definition) is 4. The summed E-state index contributed by atoms with van der Waals surface area (Å²) < 4.78 is 45.3. The number of benzene rings is 1. The van der Waals surface area contributed by atoms with Gasteiger partial charge in [0.1, 0.15) is 17.7 Å². The third-order valence-corrected chi connectivity index (χ3v) is 5.53. The standard InChI is InChI=1S/C16H14ClFN2O3S/c1-11-9-20(24(21,22)16-6-5-12(17)8-19-16)10-15(11)23-14-4-2-3-13(18)7-14/h2-8,15H,1,9-10H2/t15-/m0/s1. The van der Waals surface area contributed by atoms with Crippen LogP contribution in [0.2, 0.25) is 5.02 Å². The number of rotatable bonds is 4. The van der Waals surface area contributed by atoms with Gasteiger partial charge in [0, 0.05) is 18.8 Å². The molecule has 2 aromatic rings. The van der Waals surface area contributed by atoms with Crippen molar-refractivity contribution in [3.8, 4) is 5.75 Å². The predicted molar refractivity (Wildman–Crippen MR) is 88.0 cm³/mol. The smallest absolute Gasteiger partial charge is 0.260 e. The highest BCUT2D eigenvalue weighted by atomic mass is 35.5. The Balaban J connectivity index is 1.77. The second-order valence-corrected chi connectivity index (χ2v) is 7.66. The van der Waals surface area contributed by atoms with Crippen molar-refractivity contribution in [1.82, 2.24) is 9.29 Å². The van der Waals surface area contributed by atoms with Gasteiger partial charge in [-0.3, -0.25) is 0 Å². The van der Waals surface area contributed by atoms with Gasteiger partial charge in [-0.2, -0.15) is 4.31 Å². The van der Waals surface area contributed by atoms with Gasteiger partial charge in [-0.15, -0.1) is 0 Å². The van der Waals surface area contributed by atoms with Crippen molar-refractivity contribution in [3.05, 3.63) is 65.6 Å². The Bertz CT molecular complexity index is 871. The highest BCUT2D eigenvalue weighted by Gasteiger charge is 2.36. The fraction of sp³-hybridized carbons (Fsp3) is 0.188. The first-order valence-electron chi connectivity index (χ1n) is 7.08. The molecule has 0 aliphatic carbocycles. The number of pyridine rings is 1. The maximum Gasteiger partial charge on any atom is 0.260 e. The van der Waals surface area contributed by atoms with Crippen LogP contribution >= 0.6 is 11.6 Å². The van der Waals surface area contributed by atoms with Crippen molar-refractivity contribution < 1.29 is 17.5 Å². The molecular weight excluding hydrogens is 355 g/mol. The van der Waals surface area contributed by atoms with Crippen LogP contribution in [0, 0.1) is 5.82 Å². The fourth-order valence-electron chi connectivity index (χ4n) is 2.36. The summed E-state index contributed by atoms with van der Waals surface area (Å²) in [5, 5.41) is 0.262. The van der Waals surface area contributed by atoms with E-state index >= 15 is 0 Å². The van der Waals surface area contributed by atoms with Crippen molar-refractivity contribution in [1.29, 1.82) is 0 Å². The normalized spacial score (nSPS) is 18.8. The molecule has 1 aromatic carbocycles. The maximum absolute atomic E-state index is 13.2. The second kappa shape index (κ2) is 6.51. The van der Waals surface area contributed by atoms with Crippen LogP contribution in [0.5, 0.6) is 5.75 Å². The van der Waals surface area contributed by atoms with Gasteiger partial charge in [-0.05, 0) is 29.8 Å². The number of hydrogen-bond donors (Lipinski definition) is 0. The van der Waals surface area contributed by atoms with Crippen LogP contribution in [0.25, 0.3) is 0 Å². The summed E-state index contributed by atoms with van der Waals surface area (Å²) >= 11 is 5.74. The minimum Gasteiger partial charge on any atom is -0.485 e. The topological polar surface area (TPSA) is 59.5 Å². The van der Waals surface area contributed by atoms with Crippen LogP contribution in [0.1, 0.15) is 0 Å². The number of nitrogens with zero attached hydrogens (tertiary/aromatic N) is 2. The second-order valence-electron chi connectivity index (χ2n) is 5.33. The summed E-state index contributed by atoms with van der Waals surface area (Å²) in [4.78, 5) is 3.86. The van der Waals surface area contributed by atoms with E-state index < -0.39 is 21.9 Å². The Morgan fingerprint density at radius 2 is 2.12 bits per heavy atom. The fourth-order valence-corrected chi connectivity index (χ4v) is 3.83. The molecule has 0 unspecified atom stereocenters. The first-order chi connectivity index (χ1) is 11.4. The first-order valence-corrected chi connectivity index (χ1v) is 8.89. The van der Waals surface area contributed by atoms with Crippen LogP contribution in [0.15, 0.2) is 59.8 Å². The zero-order valence-electron chi connectivity index (χ0n) is 12.5. The van der Waals surface area contributed by atoms with E-state index in [2.05, 4.69) is 11.6 Å². The molecule has 126 valence electrons. The van der Waals surface area contributed by atoms with Crippen molar-refractivity contribution in [3.63, 3.8) is 0 Å². The Morgan fingerprint density at radius 1 is 1.33 bits per heavy atom. The molecule has 1 aromatic heterocycles. The molecule has 1 saturated heterocycles. The molecule has 0 radical (unpaired) electrons. The first kappa shape index (κ1) is 16.9. The molecule has 1 aliphatic heterocycles. The minimum absolute atomic E-state index is 0.0853. The van der Waals surface area contributed by atoms with E-state index in [0.717, 1.165) is 0 Å². The van der Waals surface area contributed by atoms with Gasteiger partial charge in [-0.1, -0.05) is 24.2 Å². The molecule has 0 N–H and O–H groups in total. The SMILES string of the molecule is C=C1CN(S(=O)(=O)c2ccc(Cl)cn2)C[C@@H]1Oc1cccc(F)c1. The molecule has 0 bridgehead atoms. The Morgan fingerprint density at radius 3 is 2.79 bits per heavy atom. The molecule has 1 fully saturated rings. The Hall–Kier alpha value is -1.96. The van der Waals surface area contributed by atoms with Gasteiger partial charge in [0.2, 0.25) is 0 Å². The Labute approximate surface area is 144 Å². The largest absolute Gasteiger partial charge is 0.485 e. The van der Waals surface area contributed by atoms with Crippen molar-refractivity contribution >= 4 is 21.6 Å². The van der Waals surface area contributed by atoms with Crippen LogP contribution in [0.4, 0.5) is 4.39 Å². The summed E-state index contributed by atoms with van der Waals surface area (Å²) in [7, 11) is -3.77. The quantitative estimate of drug-likeness (QED) is 0.778. The van der Waals surface area contributed by atoms with Gasteiger partial charge in [-0.25, -0.2) is 17.8 Å². The molecular formula is C16H14ClFN2O3S. The highest BCUT2D eigenvalue weighted by Crippen LogP contribution is 2.26. The lowest BCUT2D eigenvalue weighted by atomic mass is 10.2. The summed E-state index contributed by atoms with van der Waals surface area (Å²) in [6.07, 6.45) is 0.730. The highest BCUT2D eigenvalue weighted by molar-refractivity contribution is 7.89. The molecule has 8 heteroatoms. The molecule has 1 atom stereocenters. The average Bonchev–Trinajstić information content (AvgIpc) is 2.89. The molecule has 3 rings (SSSR count). The van der Waals surface area contributed by atoms with E-state index in [9.17, 15) is 12.8 Å². The van der Waals surface area contributed by atoms with Gasteiger partial charge < -0.3 is 4.74 Å². The zero-order valence-corrected chi connectivity index (χ0v) is 14.1. The summed E-state index contributed by atoms with van der Waals surface area (Å²) in [5.41, 5.74) is 0.594. The Kier molecular flexibility index (Phi) is 4.58. The number of sulfonamides is 1. The molecule has 5 nitrogen and oxygen atoms in total. The van der Waals surface area contributed by atoms with E-state index in [0.29, 0.717) is 16.3 Å². The lowest BCUT2D eigenvalue weighted by Crippen LogP contribution is -2.31. The molecule has 0 saturated carbocycles. The van der Waals surface area contributed by atoms with Crippen molar-refractivity contribution in [2.75, 3.05) is 13.1 Å². The zero-order chi connectivity index (χ0) is 17.3. The molecule has 0 amide bonds. The number of ether oxygens (including phenoxy) is 1. The van der Waals surface area contributed by atoms with E-state index in [1.807, 2.05) is 0 Å². The summed E-state index contributed by atoms with van der Waals surface area (Å²) in [5.74, 6) is -0.101. The minimum atomic E-state index is -3.77. The van der Waals surface area contributed by atoms with Crippen LogP contribution < -0.4 is 4.74 Å². The van der Waals surface area contributed by atoms with Gasteiger partial charge in [0.15, 0.2) is 5.03 Å². The van der Waals surface area contributed by atoms with Crippen molar-refractivity contribution in [2.24, 2.45) is 0 Å². The third kappa shape index (κ3) is 3.43.